The minimum atomic E-state index is -3.73. The summed E-state index contributed by atoms with van der Waals surface area (Å²) >= 11 is 0. The number of carbonyl (C=O) groups excluding carboxylic acids is 1. The van der Waals surface area contributed by atoms with Crippen LogP contribution in [-0.4, -0.2) is 80.3 Å². The molecule has 1 aromatic carbocycles. The third kappa shape index (κ3) is 5.31. The third-order valence-electron chi connectivity index (χ3n) is 4.99. The fourth-order valence-corrected chi connectivity index (χ4v) is 4.28. The number of methoxy groups -OCH3 is 1. The number of aromatic nitrogens is 1. The summed E-state index contributed by atoms with van der Waals surface area (Å²) in [7, 11) is -0.667. The quantitative estimate of drug-likeness (QED) is 0.669. The van der Waals surface area contributed by atoms with Crippen molar-refractivity contribution in [2.45, 2.75) is 11.4 Å². The van der Waals surface area contributed by atoms with Gasteiger partial charge in [-0.2, -0.15) is 4.31 Å². The maximum atomic E-state index is 12.6. The Balaban J connectivity index is 1.50. The molecule has 1 fully saturated rings. The summed E-state index contributed by atoms with van der Waals surface area (Å²) in [5, 5.41) is 0. The van der Waals surface area contributed by atoms with Gasteiger partial charge in [0.1, 0.15) is 10.6 Å². The number of likely N-dealkylation sites (N-methyl/N-ethyl adjacent to an activating group) is 1. The second-order valence-electron chi connectivity index (χ2n) is 6.95. The molecule has 0 N–H and O–H groups in total. The van der Waals surface area contributed by atoms with Gasteiger partial charge < -0.3 is 9.64 Å². The lowest BCUT2D eigenvalue weighted by Gasteiger charge is -2.35. The summed E-state index contributed by atoms with van der Waals surface area (Å²) in [6.45, 7) is 3.27. The number of ether oxygens (including phenoxy) is 1. The molecule has 1 amide bonds. The molecular formula is C20H26N4O4S. The SMILES string of the molecule is COc1ccc(CN2CCN(C(=O)CN(C)S(=O)(=O)c3cccnc3)CC2)cc1. The minimum absolute atomic E-state index is 0.0830. The van der Waals surface area contributed by atoms with E-state index in [1.54, 1.807) is 18.1 Å². The Morgan fingerprint density at radius 3 is 2.41 bits per heavy atom. The first-order valence-electron chi connectivity index (χ1n) is 9.39. The number of nitrogens with zero attached hydrogens (tertiary/aromatic N) is 4. The summed E-state index contributed by atoms with van der Waals surface area (Å²) in [5.74, 6) is 0.638. The van der Waals surface area contributed by atoms with E-state index in [0.717, 1.165) is 29.7 Å². The van der Waals surface area contributed by atoms with E-state index in [-0.39, 0.29) is 17.3 Å². The topological polar surface area (TPSA) is 83.0 Å². The van der Waals surface area contributed by atoms with Crippen LogP contribution in [0, 0.1) is 0 Å². The van der Waals surface area contributed by atoms with E-state index in [1.165, 1.54) is 31.1 Å². The molecule has 1 aliphatic rings. The number of pyridine rings is 1. The predicted octanol–water partition coefficient (Wildman–Crippen LogP) is 1.06. The normalized spacial score (nSPS) is 15.5. The molecule has 0 bridgehead atoms. The van der Waals surface area contributed by atoms with Gasteiger partial charge in [0, 0.05) is 52.2 Å². The number of benzene rings is 1. The number of carbonyl (C=O) groups is 1. The molecule has 1 aromatic heterocycles. The molecule has 0 aliphatic carbocycles. The highest BCUT2D eigenvalue weighted by Crippen LogP contribution is 2.15. The molecule has 2 heterocycles. The Kier molecular flexibility index (Phi) is 6.83. The van der Waals surface area contributed by atoms with Crippen LogP contribution in [0.25, 0.3) is 0 Å². The van der Waals surface area contributed by atoms with Crippen molar-refractivity contribution in [2.24, 2.45) is 0 Å². The van der Waals surface area contributed by atoms with Crippen molar-refractivity contribution >= 4 is 15.9 Å². The van der Waals surface area contributed by atoms with Crippen molar-refractivity contribution in [3.8, 4) is 5.75 Å². The molecule has 29 heavy (non-hydrogen) atoms. The van der Waals surface area contributed by atoms with Gasteiger partial charge in [0.15, 0.2) is 0 Å². The highest BCUT2D eigenvalue weighted by molar-refractivity contribution is 7.89. The van der Waals surface area contributed by atoms with E-state index in [0.29, 0.717) is 13.1 Å². The van der Waals surface area contributed by atoms with Crippen LogP contribution in [0.4, 0.5) is 0 Å². The van der Waals surface area contributed by atoms with E-state index in [4.69, 9.17) is 4.74 Å². The van der Waals surface area contributed by atoms with Crippen LogP contribution in [0.5, 0.6) is 5.75 Å². The van der Waals surface area contributed by atoms with E-state index in [1.807, 2.05) is 24.3 Å². The molecule has 1 saturated heterocycles. The lowest BCUT2D eigenvalue weighted by atomic mass is 10.2. The van der Waals surface area contributed by atoms with Crippen LogP contribution in [-0.2, 0) is 21.4 Å². The van der Waals surface area contributed by atoms with Gasteiger partial charge in [0.05, 0.1) is 13.7 Å². The Morgan fingerprint density at radius 1 is 1.14 bits per heavy atom. The van der Waals surface area contributed by atoms with Gasteiger partial charge in [0.2, 0.25) is 15.9 Å². The van der Waals surface area contributed by atoms with Crippen LogP contribution in [0.3, 0.4) is 0 Å². The number of sulfonamides is 1. The molecule has 3 rings (SSSR count). The third-order valence-corrected chi connectivity index (χ3v) is 6.78. The van der Waals surface area contributed by atoms with Crippen molar-refractivity contribution < 1.29 is 17.9 Å². The fourth-order valence-electron chi connectivity index (χ4n) is 3.20. The lowest BCUT2D eigenvalue weighted by Crippen LogP contribution is -2.51. The molecule has 0 unspecified atom stereocenters. The number of piperazine rings is 1. The molecular weight excluding hydrogens is 392 g/mol. The Labute approximate surface area is 171 Å². The van der Waals surface area contributed by atoms with Gasteiger partial charge in [-0.05, 0) is 29.8 Å². The summed E-state index contributed by atoms with van der Waals surface area (Å²) < 4.78 is 31.4. The largest absolute Gasteiger partial charge is 0.497 e. The standard InChI is InChI=1S/C20H26N4O4S/c1-22(29(26,27)19-4-3-9-21-14-19)16-20(25)24-12-10-23(11-13-24)15-17-5-7-18(28-2)8-6-17/h3-9,14H,10-13,15-16H2,1-2H3. The second-order valence-corrected chi connectivity index (χ2v) is 9.00. The van der Waals surface area contributed by atoms with Gasteiger partial charge in [-0.25, -0.2) is 8.42 Å². The van der Waals surface area contributed by atoms with Gasteiger partial charge in [-0.3, -0.25) is 14.7 Å². The van der Waals surface area contributed by atoms with Crippen molar-refractivity contribution in [3.63, 3.8) is 0 Å². The van der Waals surface area contributed by atoms with Crippen LogP contribution >= 0.6 is 0 Å². The summed E-state index contributed by atoms with van der Waals surface area (Å²) in [4.78, 5) is 20.5. The molecule has 0 saturated carbocycles. The monoisotopic (exact) mass is 418 g/mol. The average molecular weight is 419 g/mol. The fraction of sp³-hybridized carbons (Fsp3) is 0.400. The van der Waals surface area contributed by atoms with Crippen molar-refractivity contribution in [3.05, 3.63) is 54.4 Å². The first-order valence-corrected chi connectivity index (χ1v) is 10.8. The van der Waals surface area contributed by atoms with Crippen molar-refractivity contribution in [1.82, 2.24) is 19.1 Å². The zero-order valence-electron chi connectivity index (χ0n) is 16.7. The Hall–Kier alpha value is -2.49. The molecule has 8 nitrogen and oxygen atoms in total. The van der Waals surface area contributed by atoms with Crippen LogP contribution in [0.15, 0.2) is 53.7 Å². The lowest BCUT2D eigenvalue weighted by molar-refractivity contribution is -0.133. The number of hydrogen-bond donors (Lipinski definition) is 0. The van der Waals surface area contributed by atoms with Gasteiger partial charge >= 0.3 is 0 Å². The van der Waals surface area contributed by atoms with Crippen LogP contribution in [0.1, 0.15) is 5.56 Å². The van der Waals surface area contributed by atoms with E-state index in [9.17, 15) is 13.2 Å². The predicted molar refractivity (Wildman–Crippen MR) is 109 cm³/mol. The summed E-state index contributed by atoms with van der Waals surface area (Å²) in [6, 6.07) is 11.0. The molecule has 0 spiro atoms. The molecule has 9 heteroatoms. The highest BCUT2D eigenvalue weighted by atomic mass is 32.2. The smallest absolute Gasteiger partial charge is 0.244 e. The Morgan fingerprint density at radius 2 is 1.83 bits per heavy atom. The summed E-state index contributed by atoms with van der Waals surface area (Å²) in [5.41, 5.74) is 1.19. The first-order chi connectivity index (χ1) is 13.9. The summed E-state index contributed by atoms with van der Waals surface area (Å²) in [6.07, 6.45) is 2.80. The maximum absolute atomic E-state index is 12.6. The molecule has 0 atom stereocenters. The number of rotatable bonds is 7. The van der Waals surface area contributed by atoms with Crippen molar-refractivity contribution in [1.29, 1.82) is 0 Å². The maximum Gasteiger partial charge on any atom is 0.244 e. The van der Waals surface area contributed by atoms with E-state index in [2.05, 4.69) is 9.88 Å². The first kappa shape index (κ1) is 21.2. The molecule has 156 valence electrons. The van der Waals surface area contributed by atoms with Gasteiger partial charge in [-0.1, -0.05) is 12.1 Å². The molecule has 0 radical (unpaired) electrons. The zero-order valence-corrected chi connectivity index (χ0v) is 17.5. The number of amides is 1. The van der Waals surface area contributed by atoms with Gasteiger partial charge in [0.25, 0.3) is 0 Å². The molecule has 1 aliphatic heterocycles. The Bertz CT molecular complexity index is 911. The second kappa shape index (κ2) is 9.34. The van der Waals surface area contributed by atoms with Crippen LogP contribution < -0.4 is 4.74 Å². The zero-order chi connectivity index (χ0) is 20.9. The molecule has 2 aromatic rings. The minimum Gasteiger partial charge on any atom is -0.497 e. The average Bonchev–Trinajstić information content (AvgIpc) is 2.75. The van der Waals surface area contributed by atoms with Gasteiger partial charge in [-0.15, -0.1) is 0 Å². The number of hydrogen-bond acceptors (Lipinski definition) is 6. The van der Waals surface area contributed by atoms with Crippen molar-refractivity contribution in [2.75, 3.05) is 46.9 Å². The highest BCUT2D eigenvalue weighted by Gasteiger charge is 2.27. The van der Waals surface area contributed by atoms with Crippen LogP contribution in [0.2, 0.25) is 0 Å². The van der Waals surface area contributed by atoms with E-state index < -0.39 is 10.0 Å². The van der Waals surface area contributed by atoms with E-state index >= 15 is 0 Å².